The highest BCUT2D eigenvalue weighted by molar-refractivity contribution is 6.74. The maximum atomic E-state index is 12.8. The Hall–Kier alpha value is -2.64. The van der Waals surface area contributed by atoms with Crippen molar-refractivity contribution in [3.8, 4) is 0 Å². The fourth-order valence-electron chi connectivity index (χ4n) is 4.41. The Bertz CT molecular complexity index is 1290. The molecule has 0 unspecified atom stereocenters. The van der Waals surface area contributed by atoms with Crippen molar-refractivity contribution in [2.45, 2.75) is 97.2 Å². The van der Waals surface area contributed by atoms with Gasteiger partial charge >= 0.3 is 5.69 Å². The summed E-state index contributed by atoms with van der Waals surface area (Å²) < 4.78 is 19.9. The Morgan fingerprint density at radius 2 is 1.85 bits per heavy atom. The molecule has 0 amide bonds. The second-order valence-corrected chi connectivity index (χ2v) is 17.4. The van der Waals surface area contributed by atoms with E-state index in [9.17, 15) is 24.8 Å². The molecule has 3 rings (SSSR count). The second kappa shape index (κ2) is 11.5. The van der Waals surface area contributed by atoms with Gasteiger partial charge in [-0.1, -0.05) is 53.7 Å². The first-order chi connectivity index (χ1) is 18.0. The quantitative estimate of drug-likeness (QED) is 0.259. The number of hydrogen-bond acceptors (Lipinski definition) is 8. The first-order valence-electron chi connectivity index (χ1n) is 13.1. The molecule has 0 radical (unpaired) electrons. The Morgan fingerprint density at radius 1 is 1.21 bits per heavy atom. The normalized spacial score (nSPS) is 21.2. The number of ether oxygens (including phenoxy) is 2. The summed E-state index contributed by atoms with van der Waals surface area (Å²) in [7, 11) is -2.18. The van der Waals surface area contributed by atoms with E-state index in [4.69, 9.17) is 13.9 Å². The number of aliphatic hydroxyl groups is 1. The van der Waals surface area contributed by atoms with Crippen molar-refractivity contribution < 1.29 is 23.9 Å². The van der Waals surface area contributed by atoms with Crippen LogP contribution in [0.4, 0.5) is 5.69 Å². The third-order valence-corrected chi connectivity index (χ3v) is 12.1. The standard InChI is InChI=1S/C27H41N3O8Si/c1-26(2,3)23(18-11-9-10-12-19(18)30(34)35)36-16-17-14-29(25(33)28-24(17)32)22-13-20(21(15-31)37-22)38-39(7,8)27(4,5)6/h9-12,14,20-23,31H,13,15-16H2,1-8H3,(H,28,32,33)/t20-,21-,22-,23-/m1/s1. The van der Waals surface area contributed by atoms with Gasteiger partial charge in [-0.25, -0.2) is 4.79 Å². The van der Waals surface area contributed by atoms with Crippen LogP contribution in [0.2, 0.25) is 18.1 Å². The molecule has 2 N–H and O–H groups in total. The molecule has 1 aliphatic rings. The van der Waals surface area contributed by atoms with Gasteiger partial charge in [0.05, 0.1) is 41.5 Å². The molecule has 1 aliphatic heterocycles. The number of nitro groups is 1. The van der Waals surface area contributed by atoms with Crippen molar-refractivity contribution in [3.63, 3.8) is 0 Å². The maximum absolute atomic E-state index is 12.8. The Kier molecular flexibility index (Phi) is 9.07. The number of nitrogens with zero attached hydrogens (tertiary/aromatic N) is 2. The average Bonchev–Trinajstić information content (AvgIpc) is 3.20. The van der Waals surface area contributed by atoms with Crippen LogP contribution < -0.4 is 11.2 Å². The second-order valence-electron chi connectivity index (χ2n) is 12.7. The molecular weight excluding hydrogens is 522 g/mol. The molecule has 11 nitrogen and oxygen atoms in total. The molecule has 4 atom stereocenters. The van der Waals surface area contributed by atoms with E-state index in [0.29, 0.717) is 12.0 Å². The summed E-state index contributed by atoms with van der Waals surface area (Å²) in [5.41, 5.74) is -1.30. The minimum Gasteiger partial charge on any atom is -0.411 e. The summed E-state index contributed by atoms with van der Waals surface area (Å²) in [6, 6.07) is 6.35. The highest BCUT2D eigenvalue weighted by Crippen LogP contribution is 2.42. The van der Waals surface area contributed by atoms with E-state index in [2.05, 4.69) is 38.8 Å². The molecule has 2 aromatic rings. The number of benzene rings is 1. The van der Waals surface area contributed by atoms with E-state index in [1.807, 2.05) is 20.8 Å². The van der Waals surface area contributed by atoms with Gasteiger partial charge in [0.15, 0.2) is 8.32 Å². The van der Waals surface area contributed by atoms with Crippen LogP contribution in [0.15, 0.2) is 40.1 Å². The van der Waals surface area contributed by atoms with E-state index < -0.39 is 54.4 Å². The third-order valence-electron chi connectivity index (χ3n) is 7.57. The average molecular weight is 564 g/mol. The number of aromatic amines is 1. The highest BCUT2D eigenvalue weighted by atomic mass is 28.4. The van der Waals surface area contributed by atoms with Gasteiger partial charge in [0.2, 0.25) is 0 Å². The molecular formula is C27H41N3O8Si. The number of rotatable bonds is 9. The van der Waals surface area contributed by atoms with Crippen LogP contribution in [0.3, 0.4) is 0 Å². The molecule has 12 heteroatoms. The van der Waals surface area contributed by atoms with Gasteiger partial charge in [0.25, 0.3) is 11.2 Å². The van der Waals surface area contributed by atoms with Crippen molar-refractivity contribution in [1.29, 1.82) is 0 Å². The number of hydrogen-bond donors (Lipinski definition) is 2. The molecule has 0 aliphatic carbocycles. The predicted molar refractivity (Wildman–Crippen MR) is 149 cm³/mol. The summed E-state index contributed by atoms with van der Waals surface area (Å²) in [5, 5.41) is 21.6. The lowest BCUT2D eigenvalue weighted by molar-refractivity contribution is -0.386. The summed E-state index contributed by atoms with van der Waals surface area (Å²) in [4.78, 5) is 39.0. The number of aromatic nitrogens is 2. The van der Waals surface area contributed by atoms with Gasteiger partial charge in [-0.15, -0.1) is 0 Å². The summed E-state index contributed by atoms with van der Waals surface area (Å²) in [6.45, 7) is 15.8. The zero-order valence-electron chi connectivity index (χ0n) is 24.0. The smallest absolute Gasteiger partial charge is 0.330 e. The maximum Gasteiger partial charge on any atom is 0.330 e. The van der Waals surface area contributed by atoms with Gasteiger partial charge in [-0.05, 0) is 29.6 Å². The van der Waals surface area contributed by atoms with Crippen molar-refractivity contribution in [3.05, 3.63) is 72.5 Å². The monoisotopic (exact) mass is 563 g/mol. The first kappa shape index (κ1) is 30.9. The molecule has 0 saturated carbocycles. The molecule has 0 bridgehead atoms. The Morgan fingerprint density at radius 3 is 2.41 bits per heavy atom. The first-order valence-corrected chi connectivity index (χ1v) is 16.0. The highest BCUT2D eigenvalue weighted by Gasteiger charge is 2.45. The van der Waals surface area contributed by atoms with Gasteiger partial charge in [-0.3, -0.25) is 24.5 Å². The largest absolute Gasteiger partial charge is 0.411 e. The molecule has 1 saturated heterocycles. The predicted octanol–water partition coefficient (Wildman–Crippen LogP) is 4.42. The molecule has 216 valence electrons. The third kappa shape index (κ3) is 6.93. The fourth-order valence-corrected chi connectivity index (χ4v) is 5.77. The van der Waals surface area contributed by atoms with Crippen LogP contribution in [0, 0.1) is 15.5 Å². The van der Waals surface area contributed by atoms with E-state index in [1.165, 1.54) is 16.8 Å². The SMILES string of the molecule is CC(C)(C)[C@H](OCc1cn([C@H]2C[C@@H](O[Si](C)(C)C(C)(C)C)[C@@H](CO)O2)c(=O)[nH]c1=O)c1ccccc1[N+](=O)[O-]. The Labute approximate surface area is 229 Å². The number of nitrogens with one attached hydrogen (secondary N) is 1. The zero-order valence-corrected chi connectivity index (χ0v) is 25.0. The lowest BCUT2D eigenvalue weighted by atomic mass is 9.84. The number of para-hydroxylation sites is 1. The Balaban J connectivity index is 1.88. The van der Waals surface area contributed by atoms with Crippen molar-refractivity contribution in [2.24, 2.45) is 5.41 Å². The minimum atomic E-state index is -2.18. The van der Waals surface area contributed by atoms with Gasteiger partial charge in [-0.2, -0.15) is 0 Å². The molecule has 1 fully saturated rings. The van der Waals surface area contributed by atoms with Crippen LogP contribution in [-0.2, 0) is 20.5 Å². The summed E-state index contributed by atoms with van der Waals surface area (Å²) in [6.07, 6.45) is -0.773. The van der Waals surface area contributed by atoms with Crippen molar-refractivity contribution in [2.75, 3.05) is 6.61 Å². The van der Waals surface area contributed by atoms with Gasteiger partial charge in [0, 0.05) is 18.7 Å². The van der Waals surface area contributed by atoms with E-state index in [1.54, 1.807) is 18.2 Å². The topological polar surface area (TPSA) is 146 Å². The summed E-state index contributed by atoms with van der Waals surface area (Å²) >= 11 is 0. The van der Waals surface area contributed by atoms with Crippen molar-refractivity contribution in [1.82, 2.24) is 9.55 Å². The lowest BCUT2D eigenvalue weighted by Gasteiger charge is -2.39. The van der Waals surface area contributed by atoms with Crippen LogP contribution in [0.25, 0.3) is 0 Å². The van der Waals surface area contributed by atoms with Gasteiger partial charge < -0.3 is 19.0 Å². The van der Waals surface area contributed by atoms with E-state index in [0.717, 1.165) is 0 Å². The van der Waals surface area contributed by atoms with Crippen LogP contribution >= 0.6 is 0 Å². The number of H-pyrrole nitrogens is 1. The zero-order chi connectivity index (χ0) is 29.3. The molecule has 39 heavy (non-hydrogen) atoms. The lowest BCUT2D eigenvalue weighted by Crippen LogP contribution is -2.46. The van der Waals surface area contributed by atoms with Crippen LogP contribution in [-0.4, -0.2) is 46.7 Å². The van der Waals surface area contributed by atoms with Crippen molar-refractivity contribution >= 4 is 14.0 Å². The van der Waals surface area contributed by atoms with Gasteiger partial charge in [0.1, 0.15) is 12.3 Å². The minimum absolute atomic E-state index is 0.0537. The number of aliphatic hydroxyl groups excluding tert-OH is 1. The molecule has 1 aromatic carbocycles. The van der Waals surface area contributed by atoms with E-state index >= 15 is 0 Å². The number of nitro benzene ring substituents is 1. The molecule has 1 aromatic heterocycles. The molecule has 0 spiro atoms. The van der Waals surface area contributed by atoms with E-state index in [-0.39, 0.29) is 29.5 Å². The van der Waals surface area contributed by atoms with Crippen LogP contribution in [0.5, 0.6) is 0 Å². The fraction of sp³-hybridized carbons (Fsp3) is 0.630. The van der Waals surface area contributed by atoms with Crippen LogP contribution in [0.1, 0.15) is 71.4 Å². The molecule has 2 heterocycles. The summed E-state index contributed by atoms with van der Waals surface area (Å²) in [5.74, 6) is 0.